The fourth-order valence-electron chi connectivity index (χ4n) is 6.79. The Morgan fingerprint density at radius 3 is 2.31 bits per heavy atom. The van der Waals surface area contributed by atoms with Crippen LogP contribution in [0.25, 0.3) is 32.7 Å². The molecule has 0 spiro atoms. The summed E-state index contributed by atoms with van der Waals surface area (Å²) in [6.45, 7) is -0.0485. The van der Waals surface area contributed by atoms with E-state index in [9.17, 15) is 32.7 Å². The van der Waals surface area contributed by atoms with Crippen molar-refractivity contribution in [3.63, 3.8) is 0 Å². The molecule has 0 fully saturated rings. The molecule has 13 nitrogen and oxygen atoms in total. The van der Waals surface area contributed by atoms with Crippen LogP contribution in [0.2, 0.25) is 0 Å². The van der Waals surface area contributed by atoms with Crippen molar-refractivity contribution in [2.75, 3.05) is 51.1 Å². The number of methoxy groups -OCH3 is 4. The lowest BCUT2D eigenvalue weighted by atomic mass is 9.95. The number of fused-ring (bicyclic) bond motifs is 5. The topological polar surface area (TPSA) is 171 Å². The largest absolute Gasteiger partial charge is 0.506 e. The number of nitrogens with one attached hydrogen (secondary N) is 4. The number of amides is 2. The molecule has 0 radical (unpaired) electrons. The smallest absolute Gasteiger partial charge is 0.432 e. The van der Waals surface area contributed by atoms with E-state index in [0.717, 1.165) is 7.11 Å². The number of phenolic OH excluding ortho intramolecular Hbond substituents is 1. The molecule has 1 aliphatic rings. The lowest BCUT2D eigenvalue weighted by Crippen LogP contribution is -2.30. The first-order valence-corrected chi connectivity index (χ1v) is 16.1. The first kappa shape index (κ1) is 34.4. The number of phenols is 1. The van der Waals surface area contributed by atoms with E-state index in [1.54, 1.807) is 36.4 Å². The summed E-state index contributed by atoms with van der Waals surface area (Å²) in [4.78, 5) is 49.5. The third-order valence-corrected chi connectivity index (χ3v) is 9.43. The number of aromatic hydroxyl groups is 1. The van der Waals surface area contributed by atoms with E-state index in [2.05, 4.69) is 25.0 Å². The highest BCUT2D eigenvalue weighted by atomic mass is 35.5. The number of benzene rings is 3. The van der Waals surface area contributed by atoms with Gasteiger partial charge in [-0.3, -0.25) is 9.59 Å². The molecule has 0 aliphatic carbocycles. The molecule has 3 aromatic carbocycles. The molecule has 0 unspecified atom stereocenters. The number of halogens is 4. The molecule has 3 aromatic heterocycles. The Morgan fingerprint density at radius 1 is 0.923 bits per heavy atom. The van der Waals surface area contributed by atoms with Gasteiger partial charge in [0.2, 0.25) is 5.75 Å². The van der Waals surface area contributed by atoms with Gasteiger partial charge >= 0.3 is 12.1 Å². The number of carbonyl (C=O) groups is 3. The Bertz CT molecular complexity index is 2450. The maximum absolute atomic E-state index is 14.0. The van der Waals surface area contributed by atoms with Crippen LogP contribution in [-0.4, -0.2) is 78.7 Å². The maximum atomic E-state index is 14.0. The number of esters is 1. The van der Waals surface area contributed by atoms with E-state index in [1.165, 1.54) is 32.3 Å². The highest BCUT2D eigenvalue weighted by molar-refractivity contribution is 6.20. The molecule has 1 atom stereocenters. The molecule has 0 saturated heterocycles. The monoisotopic (exact) mass is 739 g/mol. The van der Waals surface area contributed by atoms with Crippen molar-refractivity contribution in [1.29, 1.82) is 0 Å². The fourth-order valence-corrected chi connectivity index (χ4v) is 7.04. The molecule has 1 aliphatic heterocycles. The number of hydrogen-bond donors (Lipinski definition) is 5. The SMILES string of the molecule is COC(=O)c1c(C(F)(F)F)[nH]c2c(O)cc3c(c12)[C@H](CCl)CN3C(=O)c1cc2cc(NC(=O)c3cc4cc(OC)c(OC)c(OC)c4[nH]3)ccc2[nH]1. The average molecular weight is 740 g/mol. The minimum absolute atomic E-state index is 0.0485. The van der Waals surface area contributed by atoms with Gasteiger partial charge in [-0.25, -0.2) is 4.79 Å². The molecule has 4 heterocycles. The predicted molar refractivity (Wildman–Crippen MR) is 186 cm³/mol. The lowest BCUT2D eigenvalue weighted by Gasteiger charge is -2.17. The second-order valence-electron chi connectivity index (χ2n) is 11.9. The van der Waals surface area contributed by atoms with Gasteiger partial charge in [-0.2, -0.15) is 13.2 Å². The van der Waals surface area contributed by atoms with Crippen LogP contribution in [0, 0.1) is 0 Å². The number of anilines is 2. The molecule has 2 amide bonds. The summed E-state index contributed by atoms with van der Waals surface area (Å²) in [6.07, 6.45) is -4.99. The summed E-state index contributed by atoms with van der Waals surface area (Å²) in [6, 6.07) is 11.0. The van der Waals surface area contributed by atoms with E-state index in [1.807, 2.05) is 0 Å². The van der Waals surface area contributed by atoms with Gasteiger partial charge in [-0.15, -0.1) is 11.6 Å². The molecule has 7 rings (SSSR count). The average Bonchev–Trinajstić information content (AvgIpc) is 3.91. The predicted octanol–water partition coefficient (Wildman–Crippen LogP) is 6.90. The number of aromatic amines is 3. The molecule has 270 valence electrons. The van der Waals surface area contributed by atoms with Gasteiger partial charge in [0.15, 0.2) is 11.5 Å². The van der Waals surface area contributed by atoms with E-state index in [4.69, 9.17) is 25.8 Å². The molecular weight excluding hydrogens is 711 g/mol. The normalized spacial score (nSPS) is 14.2. The van der Waals surface area contributed by atoms with Gasteiger partial charge in [0, 0.05) is 51.8 Å². The Morgan fingerprint density at radius 2 is 1.65 bits per heavy atom. The molecule has 0 saturated carbocycles. The number of rotatable bonds is 8. The number of H-pyrrole nitrogens is 3. The van der Waals surface area contributed by atoms with Crippen molar-refractivity contribution in [3.8, 4) is 23.0 Å². The van der Waals surface area contributed by atoms with Gasteiger partial charge in [-0.05, 0) is 42.0 Å². The van der Waals surface area contributed by atoms with Crippen molar-refractivity contribution < 1.29 is 51.6 Å². The van der Waals surface area contributed by atoms with Crippen molar-refractivity contribution >= 4 is 73.5 Å². The van der Waals surface area contributed by atoms with Gasteiger partial charge in [0.1, 0.15) is 22.8 Å². The molecule has 52 heavy (non-hydrogen) atoms. The van der Waals surface area contributed by atoms with Gasteiger partial charge < -0.3 is 49.2 Å². The molecule has 6 aromatic rings. The highest BCUT2D eigenvalue weighted by Gasteiger charge is 2.43. The second kappa shape index (κ2) is 12.6. The highest BCUT2D eigenvalue weighted by Crippen LogP contribution is 2.49. The zero-order chi connectivity index (χ0) is 37.2. The van der Waals surface area contributed by atoms with Crippen LogP contribution < -0.4 is 24.4 Å². The number of carbonyl (C=O) groups excluding carboxylic acids is 3. The van der Waals surface area contributed by atoms with Gasteiger partial charge in [-0.1, -0.05) is 0 Å². The summed E-state index contributed by atoms with van der Waals surface area (Å²) in [5.74, 6) is -2.56. The first-order chi connectivity index (χ1) is 24.8. The van der Waals surface area contributed by atoms with Gasteiger partial charge in [0.25, 0.3) is 11.8 Å². The van der Waals surface area contributed by atoms with Crippen molar-refractivity contribution in [2.45, 2.75) is 12.1 Å². The Kier molecular flexibility index (Phi) is 8.36. The first-order valence-electron chi connectivity index (χ1n) is 15.5. The fraction of sp³-hybridized carbons (Fsp3) is 0.229. The standard InChI is InChI=1S/C35H29ClF3N5O8/c1-49-23-10-15-9-19(42-27(15)30(51-3)29(23)50-2)32(46)40-17-5-6-18-14(7-17)8-20(41-18)33(47)44-13-16(12-36)24-21(44)11-22(45)28-25(24)26(34(48)52-4)31(43-28)35(37,38)39/h5-11,16,41-43,45H,12-13H2,1-4H3,(H,40,46)/t16-/m1/s1. The molecule has 17 heteroatoms. The molecule has 5 N–H and O–H groups in total. The number of nitrogens with zero attached hydrogens (tertiary/aromatic N) is 1. The summed E-state index contributed by atoms with van der Waals surface area (Å²) in [5.41, 5.74) is -0.407. The van der Waals surface area contributed by atoms with Crippen molar-refractivity contribution in [2.24, 2.45) is 0 Å². The molecular formula is C35H29ClF3N5O8. The maximum Gasteiger partial charge on any atom is 0.432 e. The zero-order valence-electron chi connectivity index (χ0n) is 27.8. The Hall–Kier alpha value is -6.03. The van der Waals surface area contributed by atoms with Crippen LogP contribution in [0.15, 0.2) is 42.5 Å². The van der Waals surface area contributed by atoms with Crippen LogP contribution in [0.3, 0.4) is 0 Å². The van der Waals surface area contributed by atoms with E-state index in [-0.39, 0.29) is 46.0 Å². The van der Waals surface area contributed by atoms with Crippen molar-refractivity contribution in [3.05, 3.63) is 70.7 Å². The zero-order valence-corrected chi connectivity index (χ0v) is 28.6. The summed E-state index contributed by atoms with van der Waals surface area (Å²) in [5, 5.41) is 14.7. The molecule has 0 bridgehead atoms. The lowest BCUT2D eigenvalue weighted by molar-refractivity contribution is -0.141. The van der Waals surface area contributed by atoms with Crippen LogP contribution >= 0.6 is 11.6 Å². The number of alkyl halides is 4. The second-order valence-corrected chi connectivity index (χ2v) is 12.3. The summed E-state index contributed by atoms with van der Waals surface area (Å²) in [7, 11) is 5.38. The summed E-state index contributed by atoms with van der Waals surface area (Å²) < 4.78 is 63.1. The number of hydrogen-bond acceptors (Lipinski definition) is 8. The number of aromatic nitrogens is 3. The third kappa shape index (κ3) is 5.37. The third-order valence-electron chi connectivity index (χ3n) is 9.05. The van der Waals surface area contributed by atoms with E-state index >= 15 is 0 Å². The Labute approximate surface area is 296 Å². The van der Waals surface area contributed by atoms with Crippen LogP contribution in [0.1, 0.15) is 48.5 Å². The minimum atomic E-state index is -4.99. The van der Waals surface area contributed by atoms with Crippen LogP contribution in [0.5, 0.6) is 23.0 Å². The van der Waals surface area contributed by atoms with Crippen LogP contribution in [0.4, 0.5) is 24.5 Å². The van der Waals surface area contributed by atoms with Crippen molar-refractivity contribution in [1.82, 2.24) is 15.0 Å². The Balaban J connectivity index is 1.21. The van der Waals surface area contributed by atoms with E-state index in [0.29, 0.717) is 44.7 Å². The minimum Gasteiger partial charge on any atom is -0.506 e. The summed E-state index contributed by atoms with van der Waals surface area (Å²) >= 11 is 6.28. The van der Waals surface area contributed by atoms with E-state index < -0.39 is 46.9 Å². The quantitative estimate of drug-likeness (QED) is 0.0829. The number of ether oxygens (including phenoxy) is 4. The van der Waals surface area contributed by atoms with Gasteiger partial charge in [0.05, 0.1) is 50.7 Å². The van der Waals surface area contributed by atoms with Crippen LogP contribution in [-0.2, 0) is 10.9 Å².